The zero-order chi connectivity index (χ0) is 32.8. The number of likely N-dealkylation sites (N-methyl/N-ethyl adjacent to an activating group) is 1. The number of H-pyrrole nitrogens is 2. The lowest BCUT2D eigenvalue weighted by Crippen LogP contribution is -2.47. The second kappa shape index (κ2) is 14.6. The van der Waals surface area contributed by atoms with Crippen molar-refractivity contribution in [1.29, 1.82) is 0 Å². The van der Waals surface area contributed by atoms with Gasteiger partial charge < -0.3 is 35.1 Å². The van der Waals surface area contributed by atoms with E-state index in [0.717, 1.165) is 71.0 Å². The van der Waals surface area contributed by atoms with Crippen molar-refractivity contribution in [3.05, 3.63) is 60.7 Å². The number of carbonyl (C=O) groups excluding carboxylic acids is 2. The number of carbonyl (C=O) groups is 2. The van der Waals surface area contributed by atoms with Crippen molar-refractivity contribution in [2.75, 3.05) is 57.2 Å². The van der Waals surface area contributed by atoms with Crippen LogP contribution in [0.1, 0.15) is 12.8 Å². The molecule has 12 heteroatoms. The Morgan fingerprint density at radius 1 is 0.957 bits per heavy atom. The second-order valence-corrected chi connectivity index (χ2v) is 11.8. The van der Waals surface area contributed by atoms with Crippen LogP contribution in [0.2, 0.25) is 0 Å². The van der Waals surface area contributed by atoms with Crippen molar-refractivity contribution in [2.45, 2.75) is 18.9 Å². The van der Waals surface area contributed by atoms with Crippen LogP contribution in [0, 0.1) is 12.3 Å². The van der Waals surface area contributed by atoms with Gasteiger partial charge in [-0.15, -0.1) is 23.9 Å². The number of ether oxygens (including phenoxy) is 1. The van der Waals surface area contributed by atoms with Crippen molar-refractivity contribution in [2.24, 2.45) is 0 Å². The standard InChI is InChI=1S/C35H37ClN8O3/c1-3-5-29(38-32(45)22-36)35(46)37-14-4-19-47-26-10-6-23(7-11-26)33-39-27-12-8-24(20-30(27)41-33)34-40-28-13-9-25(21-31(28)42-34)44-17-15-43(2)16-18-44/h1,6-13,20-21,29H,4-5,14-19,22H2,2H3,(H,37,46)(H,38,45)(H,39,41)(H,40,42)/t29-/m0/s1. The number of imidazole rings is 2. The Bertz CT molecular complexity index is 1900. The van der Waals surface area contributed by atoms with Gasteiger partial charge in [-0.2, -0.15) is 0 Å². The largest absolute Gasteiger partial charge is 0.494 e. The molecule has 0 saturated carbocycles. The first-order valence-corrected chi connectivity index (χ1v) is 16.2. The molecule has 1 aliphatic heterocycles. The minimum absolute atomic E-state index is 0.0866. The number of alkyl halides is 1. The van der Waals surface area contributed by atoms with Crippen molar-refractivity contribution < 1.29 is 14.3 Å². The zero-order valence-electron chi connectivity index (χ0n) is 26.2. The van der Waals surface area contributed by atoms with Crippen LogP contribution in [-0.2, 0) is 9.59 Å². The molecule has 5 aromatic rings. The molecule has 0 spiro atoms. The number of nitrogens with zero attached hydrogens (tertiary/aromatic N) is 4. The topological polar surface area (TPSA) is 131 Å². The monoisotopic (exact) mass is 652 g/mol. The Labute approximate surface area is 278 Å². The number of hydrogen-bond acceptors (Lipinski definition) is 7. The first-order chi connectivity index (χ1) is 22.9. The van der Waals surface area contributed by atoms with E-state index >= 15 is 0 Å². The fourth-order valence-electron chi connectivity index (χ4n) is 5.56. The molecule has 6 rings (SSSR count). The van der Waals surface area contributed by atoms with Gasteiger partial charge in [-0.05, 0) is 74.1 Å². The Hall–Kier alpha value is -5.05. The van der Waals surface area contributed by atoms with Crippen LogP contribution in [-0.4, -0.2) is 95.0 Å². The number of benzene rings is 3. The van der Waals surface area contributed by atoms with Crippen molar-refractivity contribution in [3.63, 3.8) is 0 Å². The number of aromatic amines is 2. The smallest absolute Gasteiger partial charge is 0.243 e. The molecule has 2 aromatic heterocycles. The van der Waals surface area contributed by atoms with Gasteiger partial charge in [-0.1, -0.05) is 0 Å². The van der Waals surface area contributed by atoms with E-state index in [0.29, 0.717) is 25.3 Å². The highest BCUT2D eigenvalue weighted by Gasteiger charge is 2.19. The zero-order valence-corrected chi connectivity index (χ0v) is 26.9. The van der Waals surface area contributed by atoms with E-state index in [1.54, 1.807) is 0 Å². The molecule has 1 saturated heterocycles. The molecule has 0 bridgehead atoms. The van der Waals surface area contributed by atoms with E-state index in [9.17, 15) is 9.59 Å². The van der Waals surface area contributed by atoms with Crippen LogP contribution in [0.4, 0.5) is 5.69 Å². The summed E-state index contributed by atoms with van der Waals surface area (Å²) < 4.78 is 5.85. The number of rotatable bonds is 12. The summed E-state index contributed by atoms with van der Waals surface area (Å²) in [5.74, 6) is 3.65. The molecule has 47 heavy (non-hydrogen) atoms. The molecule has 11 nitrogen and oxygen atoms in total. The van der Waals surface area contributed by atoms with E-state index in [1.165, 1.54) is 5.69 Å². The van der Waals surface area contributed by atoms with Crippen LogP contribution in [0.25, 0.3) is 44.8 Å². The number of piperazine rings is 1. The summed E-state index contributed by atoms with van der Waals surface area (Å²) in [7, 11) is 2.16. The number of anilines is 1. The lowest BCUT2D eigenvalue weighted by atomic mass is 10.2. The second-order valence-electron chi connectivity index (χ2n) is 11.6. The van der Waals surface area contributed by atoms with Gasteiger partial charge in [0.15, 0.2) is 0 Å². The molecule has 4 N–H and O–H groups in total. The third kappa shape index (κ3) is 7.68. The normalized spacial score (nSPS) is 14.2. The summed E-state index contributed by atoms with van der Waals surface area (Å²) in [5.41, 5.74) is 6.89. The van der Waals surface area contributed by atoms with Crippen molar-refractivity contribution in [1.82, 2.24) is 35.5 Å². The highest BCUT2D eigenvalue weighted by molar-refractivity contribution is 6.27. The number of amides is 2. The highest BCUT2D eigenvalue weighted by Crippen LogP contribution is 2.29. The predicted molar refractivity (Wildman–Crippen MR) is 186 cm³/mol. The van der Waals surface area contributed by atoms with Crippen LogP contribution in [0.3, 0.4) is 0 Å². The van der Waals surface area contributed by atoms with Gasteiger partial charge in [0.1, 0.15) is 29.3 Å². The fourth-order valence-corrected chi connectivity index (χ4v) is 5.63. The summed E-state index contributed by atoms with van der Waals surface area (Å²) >= 11 is 5.51. The SMILES string of the molecule is C#CC[C@H](NC(=O)CCl)C(=O)NCCCOc1ccc(-c2nc3ccc(-c4nc5ccc(N6CCN(C)CC6)cc5[nH]4)cc3[nH]2)cc1. The molecular weight excluding hydrogens is 616 g/mol. The molecule has 0 unspecified atom stereocenters. The number of fused-ring (bicyclic) bond motifs is 2. The van der Waals surface area contributed by atoms with Gasteiger partial charge >= 0.3 is 0 Å². The molecule has 2 amide bonds. The molecule has 3 aromatic carbocycles. The third-order valence-electron chi connectivity index (χ3n) is 8.20. The van der Waals surface area contributed by atoms with Crippen LogP contribution < -0.4 is 20.3 Å². The number of hydrogen-bond donors (Lipinski definition) is 4. The summed E-state index contributed by atoms with van der Waals surface area (Å²) in [6.45, 7) is 4.95. The molecule has 1 aliphatic rings. The average molecular weight is 653 g/mol. The number of nitrogens with one attached hydrogen (secondary N) is 4. The number of aromatic nitrogens is 4. The Morgan fingerprint density at radius 2 is 1.62 bits per heavy atom. The van der Waals surface area contributed by atoms with E-state index in [1.807, 2.05) is 36.4 Å². The third-order valence-corrected chi connectivity index (χ3v) is 8.44. The van der Waals surface area contributed by atoms with Crippen LogP contribution in [0.5, 0.6) is 5.75 Å². The van der Waals surface area contributed by atoms with Crippen molar-refractivity contribution >= 4 is 51.2 Å². The Morgan fingerprint density at radius 3 is 2.32 bits per heavy atom. The maximum atomic E-state index is 12.3. The summed E-state index contributed by atoms with van der Waals surface area (Å²) in [6.07, 6.45) is 5.98. The van der Waals surface area contributed by atoms with E-state index < -0.39 is 11.9 Å². The van der Waals surface area contributed by atoms with Gasteiger partial charge in [0.25, 0.3) is 0 Å². The highest BCUT2D eigenvalue weighted by atomic mass is 35.5. The van der Waals surface area contributed by atoms with Crippen LogP contribution >= 0.6 is 11.6 Å². The minimum Gasteiger partial charge on any atom is -0.494 e. The van der Waals surface area contributed by atoms with E-state index in [4.69, 9.17) is 32.7 Å². The maximum absolute atomic E-state index is 12.3. The number of terminal acetylenes is 1. The molecule has 1 fully saturated rings. The Kier molecular flexibility index (Phi) is 9.90. The van der Waals surface area contributed by atoms with E-state index in [-0.39, 0.29) is 18.2 Å². The van der Waals surface area contributed by atoms with Gasteiger partial charge in [-0.25, -0.2) is 9.97 Å². The lowest BCUT2D eigenvalue weighted by Gasteiger charge is -2.34. The molecule has 242 valence electrons. The summed E-state index contributed by atoms with van der Waals surface area (Å²) in [4.78, 5) is 45.2. The number of halogens is 1. The Balaban J connectivity index is 1.04. The first kappa shape index (κ1) is 31.9. The van der Waals surface area contributed by atoms with Crippen molar-refractivity contribution in [3.8, 4) is 40.9 Å². The van der Waals surface area contributed by atoms with Gasteiger partial charge in [0, 0.05) is 56.0 Å². The summed E-state index contributed by atoms with van der Waals surface area (Å²) in [6, 6.07) is 19.4. The maximum Gasteiger partial charge on any atom is 0.243 e. The molecule has 3 heterocycles. The molecule has 0 radical (unpaired) electrons. The fraction of sp³-hybridized carbons (Fsp3) is 0.314. The van der Waals surface area contributed by atoms with Gasteiger partial charge in [0.2, 0.25) is 11.8 Å². The summed E-state index contributed by atoms with van der Waals surface area (Å²) in [5, 5.41) is 5.29. The first-order valence-electron chi connectivity index (χ1n) is 15.6. The van der Waals surface area contributed by atoms with Crippen LogP contribution in [0.15, 0.2) is 60.7 Å². The molecule has 0 aliphatic carbocycles. The molecular formula is C35H37ClN8O3. The predicted octanol–water partition coefficient (Wildman–Crippen LogP) is 4.16. The minimum atomic E-state index is -0.810. The van der Waals surface area contributed by atoms with Gasteiger partial charge in [-0.3, -0.25) is 9.59 Å². The average Bonchev–Trinajstić information content (AvgIpc) is 3.72. The van der Waals surface area contributed by atoms with E-state index in [2.05, 4.69) is 67.6 Å². The molecule has 1 atom stereocenters. The lowest BCUT2D eigenvalue weighted by molar-refractivity contribution is -0.127. The van der Waals surface area contributed by atoms with Gasteiger partial charge in [0.05, 0.1) is 28.7 Å². The quantitative estimate of drug-likeness (QED) is 0.0905.